The molecular formula is C12H18N2O3. The Morgan fingerprint density at radius 3 is 2.59 bits per heavy atom. The molecular weight excluding hydrogens is 220 g/mol. The van der Waals surface area contributed by atoms with Crippen molar-refractivity contribution in [2.45, 2.75) is 52.0 Å². The first kappa shape index (κ1) is 12.1. The Morgan fingerprint density at radius 1 is 1.29 bits per heavy atom. The molecule has 1 saturated heterocycles. The van der Waals surface area contributed by atoms with Crippen molar-refractivity contribution in [2.75, 3.05) is 0 Å². The molecule has 0 aromatic heterocycles. The fourth-order valence-corrected chi connectivity index (χ4v) is 2.81. The molecule has 1 unspecified atom stereocenters. The van der Waals surface area contributed by atoms with Gasteiger partial charge in [-0.15, -0.1) is 0 Å². The van der Waals surface area contributed by atoms with E-state index in [-0.39, 0.29) is 23.8 Å². The number of hydrogen-bond donors (Lipinski definition) is 1. The molecule has 5 heteroatoms. The summed E-state index contributed by atoms with van der Waals surface area (Å²) in [6.45, 7) is 4.30. The molecule has 0 aromatic rings. The zero-order chi connectivity index (χ0) is 12.6. The van der Waals surface area contributed by atoms with Gasteiger partial charge in [0.05, 0.1) is 0 Å². The first-order chi connectivity index (χ1) is 7.89. The summed E-state index contributed by atoms with van der Waals surface area (Å²) in [7, 11) is 0. The average molecular weight is 238 g/mol. The van der Waals surface area contributed by atoms with E-state index in [2.05, 4.69) is 19.2 Å². The lowest BCUT2D eigenvalue weighted by molar-refractivity contribution is -0.138. The molecule has 0 aromatic carbocycles. The molecule has 1 aliphatic carbocycles. The quantitative estimate of drug-likeness (QED) is 0.703. The molecule has 17 heavy (non-hydrogen) atoms. The normalized spacial score (nSPS) is 29.2. The van der Waals surface area contributed by atoms with Gasteiger partial charge >= 0.3 is 6.03 Å². The molecule has 0 spiro atoms. The van der Waals surface area contributed by atoms with Crippen LogP contribution in [-0.4, -0.2) is 28.8 Å². The molecule has 2 aliphatic rings. The van der Waals surface area contributed by atoms with E-state index in [1.54, 1.807) is 0 Å². The van der Waals surface area contributed by atoms with Crippen LogP contribution in [0.4, 0.5) is 4.79 Å². The molecule has 2 fully saturated rings. The van der Waals surface area contributed by atoms with Gasteiger partial charge < -0.3 is 0 Å². The molecule has 1 heterocycles. The molecule has 1 atom stereocenters. The van der Waals surface area contributed by atoms with Crippen molar-refractivity contribution >= 4 is 17.8 Å². The SMILES string of the molecule is CC1(C)CCCC(N2C(=O)CC(=O)NC2=O)C1. The number of imide groups is 2. The van der Waals surface area contributed by atoms with Crippen molar-refractivity contribution in [1.29, 1.82) is 0 Å². The number of amides is 4. The minimum atomic E-state index is -0.547. The van der Waals surface area contributed by atoms with E-state index in [9.17, 15) is 14.4 Å². The highest BCUT2D eigenvalue weighted by molar-refractivity contribution is 6.14. The summed E-state index contributed by atoms with van der Waals surface area (Å²) in [5, 5.41) is 2.21. The van der Waals surface area contributed by atoms with Crippen LogP contribution in [0.3, 0.4) is 0 Å². The third kappa shape index (κ3) is 2.48. The number of nitrogens with zero attached hydrogens (tertiary/aromatic N) is 1. The fraction of sp³-hybridized carbons (Fsp3) is 0.750. The number of urea groups is 1. The van der Waals surface area contributed by atoms with Gasteiger partial charge in [0.1, 0.15) is 6.42 Å². The number of barbiturate groups is 1. The third-order valence-electron chi connectivity index (χ3n) is 3.59. The van der Waals surface area contributed by atoms with Crippen LogP contribution in [0.5, 0.6) is 0 Å². The number of carbonyl (C=O) groups excluding carboxylic acids is 3. The molecule has 0 bridgehead atoms. The summed E-state index contributed by atoms with van der Waals surface area (Å²) in [6, 6.07) is -0.603. The Morgan fingerprint density at radius 2 is 2.00 bits per heavy atom. The Kier molecular flexibility index (Phi) is 2.93. The summed E-state index contributed by atoms with van der Waals surface area (Å²) in [5.41, 5.74) is 0.158. The van der Waals surface area contributed by atoms with Crippen LogP contribution in [0.15, 0.2) is 0 Å². The van der Waals surface area contributed by atoms with Gasteiger partial charge in [-0.2, -0.15) is 0 Å². The lowest BCUT2D eigenvalue weighted by atomic mass is 9.74. The lowest BCUT2D eigenvalue weighted by Crippen LogP contribution is -2.57. The van der Waals surface area contributed by atoms with Crippen LogP contribution in [0.25, 0.3) is 0 Å². The number of rotatable bonds is 1. The van der Waals surface area contributed by atoms with Crippen molar-refractivity contribution in [3.63, 3.8) is 0 Å². The maximum absolute atomic E-state index is 11.8. The van der Waals surface area contributed by atoms with Gasteiger partial charge in [-0.3, -0.25) is 19.8 Å². The molecule has 2 rings (SSSR count). The van der Waals surface area contributed by atoms with Gasteiger partial charge in [-0.25, -0.2) is 4.79 Å². The number of carbonyl (C=O) groups is 3. The van der Waals surface area contributed by atoms with Crippen LogP contribution in [0, 0.1) is 5.41 Å². The maximum atomic E-state index is 11.8. The minimum absolute atomic E-state index is 0.0562. The Bertz CT molecular complexity index is 356. The highest BCUT2D eigenvalue weighted by Crippen LogP contribution is 2.37. The molecule has 0 radical (unpaired) electrons. The summed E-state index contributed by atoms with van der Waals surface area (Å²) >= 11 is 0. The van der Waals surface area contributed by atoms with E-state index in [1.165, 1.54) is 4.90 Å². The van der Waals surface area contributed by atoms with E-state index in [0.717, 1.165) is 25.7 Å². The average Bonchev–Trinajstić information content (AvgIpc) is 2.13. The second kappa shape index (κ2) is 4.13. The Balaban J connectivity index is 2.13. The number of nitrogens with one attached hydrogen (secondary N) is 1. The van der Waals surface area contributed by atoms with Gasteiger partial charge in [0, 0.05) is 6.04 Å². The maximum Gasteiger partial charge on any atom is 0.331 e. The Labute approximate surface area is 101 Å². The highest BCUT2D eigenvalue weighted by Gasteiger charge is 2.40. The van der Waals surface area contributed by atoms with Crippen molar-refractivity contribution in [1.82, 2.24) is 10.2 Å². The fourth-order valence-electron chi connectivity index (χ4n) is 2.81. The predicted octanol–water partition coefficient (Wildman–Crippen LogP) is 1.42. The van der Waals surface area contributed by atoms with E-state index < -0.39 is 11.9 Å². The van der Waals surface area contributed by atoms with Crippen LogP contribution in [0.1, 0.15) is 46.0 Å². The van der Waals surface area contributed by atoms with Crippen molar-refractivity contribution in [2.24, 2.45) is 5.41 Å². The molecule has 4 amide bonds. The summed E-state index contributed by atoms with van der Waals surface area (Å²) in [5.74, 6) is -0.854. The topological polar surface area (TPSA) is 66.5 Å². The van der Waals surface area contributed by atoms with Crippen molar-refractivity contribution in [3.05, 3.63) is 0 Å². The first-order valence-electron chi connectivity index (χ1n) is 6.05. The van der Waals surface area contributed by atoms with Crippen LogP contribution in [0.2, 0.25) is 0 Å². The summed E-state index contributed by atoms with van der Waals surface area (Å²) in [6.07, 6.45) is 3.59. The van der Waals surface area contributed by atoms with Crippen molar-refractivity contribution < 1.29 is 14.4 Å². The van der Waals surface area contributed by atoms with E-state index in [4.69, 9.17) is 0 Å². The minimum Gasteiger partial charge on any atom is -0.277 e. The highest BCUT2D eigenvalue weighted by atomic mass is 16.2. The van der Waals surface area contributed by atoms with E-state index in [1.807, 2.05) is 0 Å². The smallest absolute Gasteiger partial charge is 0.277 e. The molecule has 1 saturated carbocycles. The standard InChI is InChI=1S/C12H18N2O3/c1-12(2)5-3-4-8(7-12)14-10(16)6-9(15)13-11(14)17/h8H,3-7H2,1-2H3,(H,13,15,17). The van der Waals surface area contributed by atoms with E-state index >= 15 is 0 Å². The van der Waals surface area contributed by atoms with Gasteiger partial charge in [0.2, 0.25) is 11.8 Å². The monoisotopic (exact) mass is 238 g/mol. The molecule has 94 valence electrons. The zero-order valence-electron chi connectivity index (χ0n) is 10.3. The predicted molar refractivity (Wildman–Crippen MR) is 61.0 cm³/mol. The van der Waals surface area contributed by atoms with Gasteiger partial charge in [0.25, 0.3) is 0 Å². The summed E-state index contributed by atoms with van der Waals surface area (Å²) < 4.78 is 0. The van der Waals surface area contributed by atoms with Crippen LogP contribution in [-0.2, 0) is 9.59 Å². The first-order valence-corrected chi connectivity index (χ1v) is 6.05. The molecule has 1 N–H and O–H groups in total. The van der Waals surface area contributed by atoms with Gasteiger partial charge in [-0.05, 0) is 24.7 Å². The second-order valence-corrected chi connectivity index (χ2v) is 5.71. The van der Waals surface area contributed by atoms with E-state index in [0.29, 0.717) is 0 Å². The molecule has 5 nitrogen and oxygen atoms in total. The molecule has 1 aliphatic heterocycles. The lowest BCUT2D eigenvalue weighted by Gasteiger charge is -2.41. The van der Waals surface area contributed by atoms with Crippen molar-refractivity contribution in [3.8, 4) is 0 Å². The van der Waals surface area contributed by atoms with Crippen LogP contribution >= 0.6 is 0 Å². The largest absolute Gasteiger partial charge is 0.331 e. The summed E-state index contributed by atoms with van der Waals surface area (Å²) in [4.78, 5) is 35.8. The van der Waals surface area contributed by atoms with Gasteiger partial charge in [-0.1, -0.05) is 20.3 Å². The Hall–Kier alpha value is -1.39. The van der Waals surface area contributed by atoms with Crippen LogP contribution < -0.4 is 5.32 Å². The second-order valence-electron chi connectivity index (χ2n) is 5.71. The third-order valence-corrected chi connectivity index (χ3v) is 3.59. The number of hydrogen-bond acceptors (Lipinski definition) is 3. The van der Waals surface area contributed by atoms with Gasteiger partial charge in [0.15, 0.2) is 0 Å². The zero-order valence-corrected chi connectivity index (χ0v) is 10.3.